The molecule has 0 saturated carbocycles. The molecule has 2 rings (SSSR count). The highest BCUT2D eigenvalue weighted by Crippen LogP contribution is 2.27. The molecule has 0 radical (unpaired) electrons. The van der Waals surface area contributed by atoms with E-state index < -0.39 is 0 Å². The van der Waals surface area contributed by atoms with E-state index in [2.05, 4.69) is 60.1 Å². The highest BCUT2D eigenvalue weighted by molar-refractivity contribution is 7.10. The van der Waals surface area contributed by atoms with Gasteiger partial charge in [-0.1, -0.05) is 51.1 Å². The van der Waals surface area contributed by atoms with Gasteiger partial charge in [0.25, 0.3) is 0 Å². The van der Waals surface area contributed by atoms with Crippen molar-refractivity contribution in [3.63, 3.8) is 0 Å². The lowest BCUT2D eigenvalue weighted by molar-refractivity contribution is -0.125. The number of hydrogen-bond acceptors (Lipinski definition) is 4. The summed E-state index contributed by atoms with van der Waals surface area (Å²) in [7, 11) is 0. The van der Waals surface area contributed by atoms with E-state index in [0.29, 0.717) is 12.5 Å². The first-order chi connectivity index (χ1) is 13.0. The molecule has 3 N–H and O–H groups in total. The Morgan fingerprint density at radius 3 is 2.22 bits per heavy atom. The maximum absolute atomic E-state index is 12.1. The van der Waals surface area contributed by atoms with Crippen LogP contribution in [0.3, 0.4) is 0 Å². The first-order valence-electron chi connectivity index (χ1n) is 9.41. The Bertz CT molecular complexity index is 712. The summed E-state index contributed by atoms with van der Waals surface area (Å²) in [6.07, 6.45) is 0.874. The Balaban J connectivity index is 1.96. The Kier molecular flexibility index (Phi) is 8.48. The van der Waals surface area contributed by atoms with Crippen molar-refractivity contribution < 1.29 is 9.59 Å². The highest BCUT2D eigenvalue weighted by atomic mass is 32.1. The van der Waals surface area contributed by atoms with Crippen LogP contribution in [0.25, 0.3) is 0 Å². The maximum Gasteiger partial charge on any atom is 0.239 e. The van der Waals surface area contributed by atoms with Crippen molar-refractivity contribution >= 4 is 23.2 Å². The molecule has 2 aromatic rings. The van der Waals surface area contributed by atoms with E-state index in [9.17, 15) is 9.59 Å². The van der Waals surface area contributed by atoms with Crippen LogP contribution in [0, 0.1) is 0 Å². The van der Waals surface area contributed by atoms with Crippen LogP contribution in [0.5, 0.6) is 0 Å². The lowest BCUT2D eigenvalue weighted by atomic mass is 9.98. The second kappa shape index (κ2) is 10.8. The number of thiophene rings is 1. The predicted octanol–water partition coefficient (Wildman–Crippen LogP) is 3.19. The number of carbonyl (C=O) groups is 2. The summed E-state index contributed by atoms with van der Waals surface area (Å²) in [5.41, 5.74) is 2.41. The van der Waals surface area contributed by atoms with Crippen LogP contribution >= 0.6 is 11.3 Å². The highest BCUT2D eigenvalue weighted by Gasteiger charge is 2.16. The largest absolute Gasteiger partial charge is 0.355 e. The zero-order chi connectivity index (χ0) is 19.6. The van der Waals surface area contributed by atoms with E-state index >= 15 is 0 Å². The molecule has 146 valence electrons. The molecule has 2 amide bonds. The summed E-state index contributed by atoms with van der Waals surface area (Å²) < 4.78 is 0. The van der Waals surface area contributed by atoms with Gasteiger partial charge in [0.15, 0.2) is 0 Å². The molecule has 1 heterocycles. The van der Waals surface area contributed by atoms with Crippen molar-refractivity contribution in [2.75, 3.05) is 19.6 Å². The molecule has 0 unspecified atom stereocenters. The molecule has 1 aromatic carbocycles. The number of amides is 2. The van der Waals surface area contributed by atoms with Crippen LogP contribution in [-0.2, 0) is 9.59 Å². The number of carbonyl (C=O) groups excluding carboxylic acids is 2. The van der Waals surface area contributed by atoms with E-state index in [1.807, 2.05) is 18.4 Å². The van der Waals surface area contributed by atoms with Gasteiger partial charge >= 0.3 is 0 Å². The van der Waals surface area contributed by atoms with Gasteiger partial charge in [0.05, 0.1) is 19.1 Å². The van der Waals surface area contributed by atoms with E-state index in [4.69, 9.17) is 0 Å². The van der Waals surface area contributed by atoms with Crippen molar-refractivity contribution in [2.24, 2.45) is 0 Å². The zero-order valence-corrected chi connectivity index (χ0v) is 17.1. The fraction of sp³-hybridized carbons (Fsp3) is 0.429. The van der Waals surface area contributed by atoms with Crippen molar-refractivity contribution in [1.29, 1.82) is 0 Å². The monoisotopic (exact) mass is 387 g/mol. The standard InChI is InChI=1S/C21H29N3O2S/c1-4-11-22-19(25)13-23-20(26)14-24-21(18-6-5-12-27-18)17-9-7-16(8-10-17)15(2)3/h5-10,12,15,21,24H,4,11,13-14H2,1-3H3,(H,22,25)(H,23,26)/t21-/m1/s1. The quantitative estimate of drug-likeness (QED) is 0.586. The van der Waals surface area contributed by atoms with Crippen LogP contribution in [0.15, 0.2) is 41.8 Å². The number of hydrogen-bond donors (Lipinski definition) is 3. The van der Waals surface area contributed by atoms with Gasteiger partial charge in [0, 0.05) is 11.4 Å². The van der Waals surface area contributed by atoms with Crippen LogP contribution in [0.4, 0.5) is 0 Å². The lowest BCUT2D eigenvalue weighted by Crippen LogP contribution is -2.41. The average Bonchev–Trinajstić information content (AvgIpc) is 3.19. The number of rotatable bonds is 10. The SMILES string of the molecule is CCCNC(=O)CNC(=O)CN[C@H](c1ccc(C(C)C)cc1)c1cccs1. The van der Waals surface area contributed by atoms with Crippen molar-refractivity contribution in [3.8, 4) is 0 Å². The molecule has 1 aromatic heterocycles. The Labute approximate surface area is 165 Å². The smallest absolute Gasteiger partial charge is 0.239 e. The fourth-order valence-corrected chi connectivity index (χ4v) is 3.50. The van der Waals surface area contributed by atoms with Crippen LogP contribution in [0.1, 0.15) is 55.2 Å². The molecule has 0 aliphatic heterocycles. The van der Waals surface area contributed by atoms with Crippen LogP contribution in [-0.4, -0.2) is 31.4 Å². The van der Waals surface area contributed by atoms with Gasteiger partial charge < -0.3 is 10.6 Å². The summed E-state index contributed by atoms with van der Waals surface area (Å²) in [5.74, 6) is 0.128. The van der Waals surface area contributed by atoms with Gasteiger partial charge in [-0.15, -0.1) is 11.3 Å². The molecule has 0 fully saturated rings. The van der Waals surface area contributed by atoms with Gasteiger partial charge in [0.2, 0.25) is 11.8 Å². The Morgan fingerprint density at radius 1 is 0.963 bits per heavy atom. The van der Waals surface area contributed by atoms with E-state index in [0.717, 1.165) is 16.9 Å². The van der Waals surface area contributed by atoms with E-state index in [1.54, 1.807) is 11.3 Å². The van der Waals surface area contributed by atoms with Gasteiger partial charge in [-0.2, -0.15) is 0 Å². The minimum absolute atomic E-state index is 0.00721. The third-order valence-electron chi connectivity index (χ3n) is 4.25. The van der Waals surface area contributed by atoms with Crippen molar-refractivity contribution in [1.82, 2.24) is 16.0 Å². The minimum atomic E-state index is -0.193. The van der Waals surface area contributed by atoms with Gasteiger partial charge in [-0.3, -0.25) is 14.9 Å². The molecule has 0 saturated heterocycles. The minimum Gasteiger partial charge on any atom is -0.355 e. The van der Waals surface area contributed by atoms with Gasteiger partial charge in [0.1, 0.15) is 0 Å². The molecule has 6 heteroatoms. The first-order valence-corrected chi connectivity index (χ1v) is 10.3. The molecule has 5 nitrogen and oxygen atoms in total. The van der Waals surface area contributed by atoms with Crippen LogP contribution in [0.2, 0.25) is 0 Å². The first kappa shape index (κ1) is 21.1. The predicted molar refractivity (Wildman–Crippen MR) is 111 cm³/mol. The number of nitrogens with one attached hydrogen (secondary N) is 3. The Hall–Kier alpha value is -2.18. The lowest BCUT2D eigenvalue weighted by Gasteiger charge is -2.19. The molecule has 27 heavy (non-hydrogen) atoms. The van der Waals surface area contributed by atoms with E-state index in [1.165, 1.54) is 5.56 Å². The van der Waals surface area contributed by atoms with Gasteiger partial charge in [-0.05, 0) is 34.9 Å². The number of benzene rings is 1. The summed E-state index contributed by atoms with van der Waals surface area (Å²) in [6.45, 7) is 7.11. The summed E-state index contributed by atoms with van der Waals surface area (Å²) in [6, 6.07) is 12.5. The summed E-state index contributed by atoms with van der Waals surface area (Å²) in [4.78, 5) is 24.9. The molecule has 1 atom stereocenters. The zero-order valence-electron chi connectivity index (χ0n) is 16.2. The molecular weight excluding hydrogens is 358 g/mol. The average molecular weight is 388 g/mol. The summed E-state index contributed by atoms with van der Waals surface area (Å²) in [5, 5.41) is 10.8. The molecule has 0 bridgehead atoms. The van der Waals surface area contributed by atoms with Crippen molar-refractivity contribution in [2.45, 2.75) is 39.2 Å². The maximum atomic E-state index is 12.1. The molecular formula is C21H29N3O2S. The topological polar surface area (TPSA) is 70.2 Å². The normalized spacial score (nSPS) is 12.0. The third kappa shape index (κ3) is 6.81. The second-order valence-corrected chi connectivity index (χ2v) is 7.76. The summed E-state index contributed by atoms with van der Waals surface area (Å²) >= 11 is 1.66. The fourth-order valence-electron chi connectivity index (χ4n) is 2.67. The second-order valence-electron chi connectivity index (χ2n) is 6.78. The van der Waals surface area contributed by atoms with E-state index in [-0.39, 0.29) is 30.9 Å². The molecule has 0 aliphatic carbocycles. The van der Waals surface area contributed by atoms with Crippen molar-refractivity contribution in [3.05, 3.63) is 57.8 Å². The van der Waals surface area contributed by atoms with Crippen LogP contribution < -0.4 is 16.0 Å². The Morgan fingerprint density at radius 2 is 1.63 bits per heavy atom. The molecule has 0 spiro atoms. The molecule has 0 aliphatic rings. The third-order valence-corrected chi connectivity index (χ3v) is 5.19. The van der Waals surface area contributed by atoms with Gasteiger partial charge in [-0.25, -0.2) is 0 Å².